The Labute approximate surface area is 176 Å². The van der Waals surface area contributed by atoms with Gasteiger partial charge in [0.2, 0.25) is 0 Å². The smallest absolute Gasteiger partial charge is 0.251 e. The third-order valence-electron chi connectivity index (χ3n) is 4.86. The van der Waals surface area contributed by atoms with Gasteiger partial charge in [-0.2, -0.15) is 0 Å². The largest absolute Gasteiger partial charge is 0.394 e. The molecule has 0 saturated carbocycles. The van der Waals surface area contributed by atoms with E-state index in [1.54, 1.807) is 24.3 Å². The first-order chi connectivity index (χ1) is 14.7. The maximum atomic E-state index is 12.2. The third-order valence-corrected chi connectivity index (χ3v) is 4.86. The van der Waals surface area contributed by atoms with Gasteiger partial charge < -0.3 is 20.4 Å². The maximum absolute atomic E-state index is 12.2. The number of carbonyl (C=O) groups excluding carboxylic acids is 1. The number of aliphatic hydroxyl groups is 1. The van der Waals surface area contributed by atoms with Crippen LogP contribution in [0.4, 0.5) is 0 Å². The summed E-state index contributed by atoms with van der Waals surface area (Å²) in [6.45, 7) is 4.25. The Morgan fingerprint density at radius 3 is 2.20 bits per heavy atom. The Morgan fingerprint density at radius 1 is 1.03 bits per heavy atom. The minimum absolute atomic E-state index is 0.0665. The summed E-state index contributed by atoms with van der Waals surface area (Å²) >= 11 is 0. The van der Waals surface area contributed by atoms with Crippen LogP contribution in [0.15, 0.2) is 48.5 Å². The van der Waals surface area contributed by atoms with Gasteiger partial charge in [-0.1, -0.05) is 24.0 Å². The number of rotatable bonds is 7. The highest BCUT2D eigenvalue weighted by Gasteiger charge is 2.12. The van der Waals surface area contributed by atoms with E-state index in [2.05, 4.69) is 34.2 Å². The molecule has 1 fully saturated rings. The average molecular weight is 409 g/mol. The van der Waals surface area contributed by atoms with E-state index in [0.717, 1.165) is 44.0 Å². The van der Waals surface area contributed by atoms with Gasteiger partial charge in [-0.25, -0.2) is 5.48 Å². The summed E-state index contributed by atoms with van der Waals surface area (Å²) in [6, 6.07) is 14.6. The van der Waals surface area contributed by atoms with Crippen LogP contribution in [0.2, 0.25) is 0 Å². The summed E-state index contributed by atoms with van der Waals surface area (Å²) in [5.41, 5.74) is 5.40. The third kappa shape index (κ3) is 6.66. The number of benzene rings is 2. The second-order valence-electron chi connectivity index (χ2n) is 7.13. The molecule has 3 rings (SSSR count). The number of hydrogen-bond donors (Lipinski definition) is 4. The molecule has 0 radical (unpaired) electrons. The van der Waals surface area contributed by atoms with Gasteiger partial charge in [0.25, 0.3) is 5.91 Å². The average Bonchev–Trinajstić information content (AvgIpc) is 2.79. The zero-order valence-corrected chi connectivity index (χ0v) is 16.8. The molecule has 7 nitrogen and oxygen atoms in total. The predicted octanol–water partition coefficient (Wildman–Crippen LogP) is 0.988. The van der Waals surface area contributed by atoms with Crippen LogP contribution in [0, 0.1) is 11.8 Å². The van der Waals surface area contributed by atoms with E-state index in [9.17, 15) is 9.90 Å². The lowest BCUT2D eigenvalue weighted by molar-refractivity contribution is 0.0342. The van der Waals surface area contributed by atoms with Crippen LogP contribution in [-0.2, 0) is 11.3 Å². The van der Waals surface area contributed by atoms with E-state index in [-0.39, 0.29) is 19.1 Å². The fourth-order valence-electron chi connectivity index (χ4n) is 3.10. The Balaban J connectivity index is 1.56. The van der Waals surface area contributed by atoms with Crippen LogP contribution in [0.5, 0.6) is 0 Å². The van der Waals surface area contributed by atoms with Gasteiger partial charge in [-0.05, 0) is 42.0 Å². The molecule has 1 amide bonds. The topological polar surface area (TPSA) is 94.1 Å². The Kier molecular flexibility index (Phi) is 8.39. The standard InChI is InChI=1S/C23H27N3O4/c27-17-22(15-24-29)25-23(28)21-9-7-19(8-10-21)2-1-18-3-5-20(6-4-18)16-26-11-13-30-14-12-26/h3-10,22,24,27,29H,11-17H2,(H,25,28). The zero-order valence-electron chi connectivity index (χ0n) is 16.8. The molecule has 0 aliphatic carbocycles. The number of nitrogens with zero attached hydrogens (tertiary/aromatic N) is 1. The minimum atomic E-state index is -0.562. The number of nitrogens with one attached hydrogen (secondary N) is 2. The molecule has 7 heteroatoms. The van der Waals surface area contributed by atoms with Gasteiger partial charge >= 0.3 is 0 Å². The number of aliphatic hydroxyl groups excluding tert-OH is 1. The van der Waals surface area contributed by atoms with Gasteiger partial charge in [0.05, 0.1) is 25.9 Å². The number of ether oxygens (including phenoxy) is 1. The van der Waals surface area contributed by atoms with Gasteiger partial charge in [0.15, 0.2) is 0 Å². The summed E-state index contributed by atoms with van der Waals surface area (Å²) in [6.07, 6.45) is 0. The van der Waals surface area contributed by atoms with E-state index in [1.165, 1.54) is 5.56 Å². The molecule has 2 aromatic carbocycles. The van der Waals surface area contributed by atoms with Crippen molar-refractivity contribution in [2.24, 2.45) is 0 Å². The fourth-order valence-corrected chi connectivity index (χ4v) is 3.10. The van der Waals surface area contributed by atoms with Crippen molar-refractivity contribution in [1.29, 1.82) is 0 Å². The van der Waals surface area contributed by atoms with Crippen LogP contribution >= 0.6 is 0 Å². The molecule has 0 bridgehead atoms. The van der Waals surface area contributed by atoms with E-state index in [0.29, 0.717) is 5.56 Å². The molecule has 1 aliphatic rings. The Hall–Kier alpha value is -2.73. The maximum Gasteiger partial charge on any atom is 0.251 e. The second kappa shape index (κ2) is 11.5. The van der Waals surface area contributed by atoms with Crippen molar-refractivity contribution in [3.63, 3.8) is 0 Å². The van der Waals surface area contributed by atoms with Crippen molar-refractivity contribution in [1.82, 2.24) is 15.7 Å². The minimum Gasteiger partial charge on any atom is -0.394 e. The molecule has 0 spiro atoms. The molecular formula is C23H27N3O4. The summed E-state index contributed by atoms with van der Waals surface area (Å²) in [5, 5.41) is 20.5. The summed E-state index contributed by atoms with van der Waals surface area (Å²) in [7, 11) is 0. The van der Waals surface area contributed by atoms with Crippen LogP contribution < -0.4 is 10.8 Å². The van der Waals surface area contributed by atoms with Crippen molar-refractivity contribution < 1.29 is 19.8 Å². The lowest BCUT2D eigenvalue weighted by Gasteiger charge is -2.26. The summed E-state index contributed by atoms with van der Waals surface area (Å²) < 4.78 is 5.38. The van der Waals surface area contributed by atoms with E-state index in [1.807, 2.05) is 17.6 Å². The molecule has 158 valence electrons. The van der Waals surface area contributed by atoms with Gasteiger partial charge in [-0.15, -0.1) is 0 Å². The molecule has 2 aromatic rings. The van der Waals surface area contributed by atoms with Gasteiger partial charge in [0, 0.05) is 42.9 Å². The van der Waals surface area contributed by atoms with E-state index < -0.39 is 6.04 Å². The molecule has 1 heterocycles. The molecule has 30 heavy (non-hydrogen) atoms. The Bertz CT molecular complexity index is 866. The lowest BCUT2D eigenvalue weighted by atomic mass is 10.1. The monoisotopic (exact) mass is 409 g/mol. The molecule has 4 N–H and O–H groups in total. The number of morpholine rings is 1. The van der Waals surface area contributed by atoms with Crippen molar-refractivity contribution in [3.05, 3.63) is 70.8 Å². The fraction of sp³-hybridized carbons (Fsp3) is 0.348. The SMILES string of the molecule is O=C(NC(CO)CNO)c1ccc(C#Cc2ccc(CN3CCOCC3)cc2)cc1. The lowest BCUT2D eigenvalue weighted by Crippen LogP contribution is -2.43. The highest BCUT2D eigenvalue weighted by atomic mass is 16.5. The number of amides is 1. The highest BCUT2D eigenvalue weighted by molar-refractivity contribution is 5.94. The first-order valence-corrected chi connectivity index (χ1v) is 9.98. The molecule has 1 atom stereocenters. The quantitative estimate of drug-likeness (QED) is 0.403. The molecule has 1 unspecified atom stereocenters. The van der Waals surface area contributed by atoms with Crippen LogP contribution in [0.3, 0.4) is 0 Å². The van der Waals surface area contributed by atoms with Crippen LogP contribution in [0.25, 0.3) is 0 Å². The Morgan fingerprint density at radius 2 is 1.63 bits per heavy atom. The van der Waals surface area contributed by atoms with E-state index >= 15 is 0 Å². The first-order valence-electron chi connectivity index (χ1n) is 9.98. The van der Waals surface area contributed by atoms with Crippen LogP contribution in [-0.4, -0.2) is 66.6 Å². The summed E-state index contributed by atoms with van der Waals surface area (Å²) in [5.74, 6) is 5.93. The molecule has 1 saturated heterocycles. The van der Waals surface area contributed by atoms with Crippen molar-refractivity contribution in [3.8, 4) is 11.8 Å². The molecule has 0 aromatic heterocycles. The van der Waals surface area contributed by atoms with E-state index in [4.69, 9.17) is 9.94 Å². The number of carbonyl (C=O) groups is 1. The van der Waals surface area contributed by atoms with Crippen LogP contribution in [0.1, 0.15) is 27.0 Å². The van der Waals surface area contributed by atoms with Crippen molar-refractivity contribution >= 4 is 5.91 Å². The predicted molar refractivity (Wildman–Crippen MR) is 113 cm³/mol. The molecular weight excluding hydrogens is 382 g/mol. The normalized spacial score (nSPS) is 15.1. The number of hydrogen-bond acceptors (Lipinski definition) is 6. The second-order valence-corrected chi connectivity index (χ2v) is 7.13. The summed E-state index contributed by atoms with van der Waals surface area (Å²) in [4.78, 5) is 14.6. The zero-order chi connectivity index (χ0) is 21.2. The van der Waals surface area contributed by atoms with Crippen molar-refractivity contribution in [2.75, 3.05) is 39.5 Å². The molecule has 1 aliphatic heterocycles. The van der Waals surface area contributed by atoms with Gasteiger partial charge in [-0.3, -0.25) is 9.69 Å². The highest BCUT2D eigenvalue weighted by Crippen LogP contribution is 2.09. The first kappa shape index (κ1) is 22.0. The van der Waals surface area contributed by atoms with Gasteiger partial charge in [0.1, 0.15) is 0 Å². The number of hydroxylamine groups is 1. The van der Waals surface area contributed by atoms with Crippen molar-refractivity contribution in [2.45, 2.75) is 12.6 Å².